The summed E-state index contributed by atoms with van der Waals surface area (Å²) < 4.78 is 35.6. The van der Waals surface area contributed by atoms with E-state index < -0.39 is 23.3 Å². The van der Waals surface area contributed by atoms with Crippen molar-refractivity contribution in [1.29, 1.82) is 0 Å². The number of carbonyl (C=O) groups excluding carboxylic acids is 1. The maximum atomic E-state index is 11.9. The first-order chi connectivity index (χ1) is 5.41. The van der Waals surface area contributed by atoms with Gasteiger partial charge in [0.25, 0.3) is 5.91 Å². The number of rotatable bonds is 0. The average Bonchev–Trinajstić information content (AvgIpc) is 1.83. The number of hydrazone groups is 1. The second-order valence-electron chi connectivity index (χ2n) is 1.96. The van der Waals surface area contributed by atoms with E-state index in [0.29, 0.717) is 0 Å². The molecule has 0 spiro atoms. The van der Waals surface area contributed by atoms with Crippen LogP contribution in [0.1, 0.15) is 0 Å². The van der Waals surface area contributed by atoms with Gasteiger partial charge < -0.3 is 5.32 Å². The molecule has 1 atom stereocenters. The van der Waals surface area contributed by atoms with Crippen molar-refractivity contribution in [3.8, 4) is 0 Å². The average molecular weight is 199 g/mol. The smallest absolute Gasteiger partial charge is 0.321 e. The number of halogens is 3. The molecule has 1 unspecified atom stereocenters. The number of alkyl halides is 3. The summed E-state index contributed by atoms with van der Waals surface area (Å²) in [6.07, 6.45) is -4.73. The zero-order valence-corrected chi connectivity index (χ0v) is 6.41. The van der Waals surface area contributed by atoms with Crippen LogP contribution in [0.25, 0.3) is 0 Å². The van der Waals surface area contributed by atoms with Gasteiger partial charge >= 0.3 is 6.18 Å². The standard InChI is InChI=1S/C4H4F3N3OS/c5-4(6,7)1-2(11)8-3(12)10-9-1/h3,10,12H,(H,8,11). The summed E-state index contributed by atoms with van der Waals surface area (Å²) in [5.41, 5.74) is -0.395. The fraction of sp³-hybridized carbons (Fsp3) is 0.500. The third kappa shape index (κ3) is 1.81. The van der Waals surface area contributed by atoms with E-state index in [9.17, 15) is 18.0 Å². The number of amides is 1. The van der Waals surface area contributed by atoms with Gasteiger partial charge in [0.1, 0.15) is 0 Å². The first-order valence-corrected chi connectivity index (χ1v) is 3.32. The van der Waals surface area contributed by atoms with E-state index in [1.807, 2.05) is 10.7 Å². The minimum atomic E-state index is -4.73. The minimum absolute atomic E-state index is 0.872. The molecule has 0 bridgehead atoms. The van der Waals surface area contributed by atoms with Gasteiger partial charge in [-0.25, -0.2) is 0 Å². The molecule has 8 heteroatoms. The molecule has 1 aliphatic heterocycles. The van der Waals surface area contributed by atoms with Gasteiger partial charge in [-0.2, -0.15) is 18.3 Å². The molecule has 1 rings (SSSR count). The van der Waals surface area contributed by atoms with Crippen LogP contribution in [0.2, 0.25) is 0 Å². The van der Waals surface area contributed by atoms with Crippen LogP contribution in [-0.2, 0) is 4.79 Å². The van der Waals surface area contributed by atoms with E-state index in [1.165, 1.54) is 0 Å². The predicted molar refractivity (Wildman–Crippen MR) is 37.5 cm³/mol. The molecule has 1 heterocycles. The summed E-state index contributed by atoms with van der Waals surface area (Å²) >= 11 is 3.64. The van der Waals surface area contributed by atoms with Crippen LogP contribution in [0, 0.1) is 0 Å². The number of hydrogen-bond acceptors (Lipinski definition) is 4. The van der Waals surface area contributed by atoms with Crippen molar-refractivity contribution >= 4 is 24.2 Å². The Morgan fingerprint density at radius 1 is 1.50 bits per heavy atom. The van der Waals surface area contributed by atoms with Crippen molar-refractivity contribution in [3.63, 3.8) is 0 Å². The fourth-order valence-corrected chi connectivity index (χ4v) is 0.768. The molecule has 68 valence electrons. The Hall–Kier alpha value is -0.920. The lowest BCUT2D eigenvalue weighted by Gasteiger charge is -2.20. The van der Waals surface area contributed by atoms with Crippen molar-refractivity contribution in [2.45, 2.75) is 11.7 Å². The number of carbonyl (C=O) groups is 1. The van der Waals surface area contributed by atoms with E-state index >= 15 is 0 Å². The molecule has 0 aromatic carbocycles. The molecule has 0 saturated carbocycles. The van der Waals surface area contributed by atoms with Gasteiger partial charge in [0.15, 0.2) is 5.50 Å². The van der Waals surface area contributed by atoms with E-state index in [0.717, 1.165) is 0 Å². The normalized spacial score (nSPS) is 24.2. The predicted octanol–water partition coefficient (Wildman–Crippen LogP) is -0.162. The zero-order valence-electron chi connectivity index (χ0n) is 5.51. The van der Waals surface area contributed by atoms with Crippen LogP contribution in [0.15, 0.2) is 5.10 Å². The van der Waals surface area contributed by atoms with E-state index in [1.54, 1.807) is 0 Å². The van der Waals surface area contributed by atoms with E-state index in [2.05, 4.69) is 17.7 Å². The highest BCUT2D eigenvalue weighted by molar-refractivity contribution is 7.80. The largest absolute Gasteiger partial charge is 0.440 e. The molecular weight excluding hydrogens is 195 g/mol. The Bertz CT molecular complexity index is 238. The first-order valence-electron chi connectivity index (χ1n) is 2.80. The second kappa shape index (κ2) is 2.85. The topological polar surface area (TPSA) is 53.5 Å². The lowest BCUT2D eigenvalue weighted by atomic mass is 10.3. The molecule has 0 aliphatic carbocycles. The van der Waals surface area contributed by atoms with Crippen LogP contribution >= 0.6 is 12.6 Å². The van der Waals surface area contributed by atoms with Gasteiger partial charge in [0.2, 0.25) is 5.71 Å². The van der Waals surface area contributed by atoms with Crippen molar-refractivity contribution in [2.75, 3.05) is 0 Å². The minimum Gasteiger partial charge on any atom is -0.321 e. The monoisotopic (exact) mass is 199 g/mol. The molecular formula is C4H4F3N3OS. The lowest BCUT2D eigenvalue weighted by Crippen LogP contribution is -2.52. The van der Waals surface area contributed by atoms with Crippen molar-refractivity contribution in [2.24, 2.45) is 5.10 Å². The SMILES string of the molecule is O=C1NC(S)NN=C1C(F)(F)F. The van der Waals surface area contributed by atoms with Gasteiger partial charge in [-0.3, -0.25) is 10.2 Å². The maximum Gasteiger partial charge on any atom is 0.440 e. The van der Waals surface area contributed by atoms with Crippen molar-refractivity contribution < 1.29 is 18.0 Å². The van der Waals surface area contributed by atoms with Gasteiger partial charge in [-0.05, 0) is 0 Å². The summed E-state index contributed by atoms with van der Waals surface area (Å²) in [7, 11) is 0. The Morgan fingerprint density at radius 3 is 2.50 bits per heavy atom. The van der Waals surface area contributed by atoms with Gasteiger partial charge in [0, 0.05) is 0 Å². The fourth-order valence-electron chi connectivity index (χ4n) is 0.593. The molecule has 0 fully saturated rings. The molecule has 2 N–H and O–H groups in total. The highest BCUT2D eigenvalue weighted by Crippen LogP contribution is 2.18. The van der Waals surface area contributed by atoms with Crippen LogP contribution in [0.5, 0.6) is 0 Å². The lowest BCUT2D eigenvalue weighted by molar-refractivity contribution is -0.120. The van der Waals surface area contributed by atoms with Gasteiger partial charge in [-0.1, -0.05) is 0 Å². The molecule has 4 nitrogen and oxygen atoms in total. The maximum absolute atomic E-state index is 11.9. The molecule has 1 aliphatic rings. The third-order valence-electron chi connectivity index (χ3n) is 1.05. The van der Waals surface area contributed by atoms with Gasteiger partial charge in [0.05, 0.1) is 0 Å². The molecule has 0 aromatic rings. The Balaban J connectivity index is 2.85. The highest BCUT2D eigenvalue weighted by Gasteiger charge is 2.43. The second-order valence-corrected chi connectivity index (χ2v) is 2.48. The summed E-state index contributed by atoms with van der Waals surface area (Å²) in [6.45, 7) is 0. The highest BCUT2D eigenvalue weighted by atomic mass is 32.1. The van der Waals surface area contributed by atoms with Crippen LogP contribution in [-0.4, -0.2) is 23.3 Å². The Morgan fingerprint density at radius 2 is 2.08 bits per heavy atom. The molecule has 0 radical (unpaired) electrons. The Labute approximate surface area is 70.6 Å². The summed E-state index contributed by atoms with van der Waals surface area (Å²) in [5, 5.41) is 4.72. The molecule has 0 aromatic heterocycles. The van der Waals surface area contributed by atoms with E-state index in [-0.39, 0.29) is 0 Å². The van der Waals surface area contributed by atoms with Gasteiger partial charge in [-0.15, -0.1) is 12.6 Å². The summed E-state index contributed by atoms with van der Waals surface area (Å²) in [5.74, 6) is -1.28. The van der Waals surface area contributed by atoms with Crippen LogP contribution in [0.4, 0.5) is 13.2 Å². The quantitative estimate of drug-likeness (QED) is 0.475. The van der Waals surface area contributed by atoms with Crippen molar-refractivity contribution in [1.82, 2.24) is 10.7 Å². The third-order valence-corrected chi connectivity index (χ3v) is 1.29. The molecule has 0 saturated heterocycles. The van der Waals surface area contributed by atoms with Crippen LogP contribution < -0.4 is 10.7 Å². The van der Waals surface area contributed by atoms with Crippen LogP contribution in [0.3, 0.4) is 0 Å². The first kappa shape index (κ1) is 9.17. The number of nitrogens with one attached hydrogen (secondary N) is 2. The Kier molecular flexibility index (Phi) is 2.18. The van der Waals surface area contributed by atoms with E-state index in [4.69, 9.17) is 0 Å². The molecule has 1 amide bonds. The number of hydrogen-bond donors (Lipinski definition) is 3. The number of thiol groups is 1. The summed E-state index contributed by atoms with van der Waals surface area (Å²) in [6, 6.07) is 0. The molecule has 12 heavy (non-hydrogen) atoms. The summed E-state index contributed by atoms with van der Waals surface area (Å²) in [4.78, 5) is 10.6. The number of nitrogens with zero attached hydrogens (tertiary/aromatic N) is 1. The zero-order chi connectivity index (χ0) is 9.35. The van der Waals surface area contributed by atoms with Crippen molar-refractivity contribution in [3.05, 3.63) is 0 Å².